The number of carbonyl (C=O) groups excluding carboxylic acids is 1. The topological polar surface area (TPSA) is 42.0 Å². The largest absolute Gasteiger partial charge is 0.353 e. The predicted molar refractivity (Wildman–Crippen MR) is 102 cm³/mol. The maximum absolute atomic E-state index is 13.2. The molecular formula is C21H25FN2OS. The Morgan fingerprint density at radius 2 is 2.08 bits per heavy atom. The molecular weight excluding hydrogens is 347 g/mol. The van der Waals surface area contributed by atoms with Crippen LogP contribution in [0.3, 0.4) is 0 Å². The van der Waals surface area contributed by atoms with E-state index in [-0.39, 0.29) is 17.8 Å². The van der Waals surface area contributed by atoms with Crippen LogP contribution in [0.1, 0.15) is 42.5 Å². The summed E-state index contributed by atoms with van der Waals surface area (Å²) < 4.78 is 13.2. The number of carbonyl (C=O) groups is 1. The van der Waals surface area contributed by atoms with Crippen LogP contribution in [-0.2, 0) is 11.2 Å². The van der Waals surface area contributed by atoms with Crippen molar-refractivity contribution in [1.82, 2.24) is 10.3 Å². The molecule has 4 atom stereocenters. The fourth-order valence-corrected chi connectivity index (χ4v) is 5.84. The Bertz CT molecular complexity index is 801. The summed E-state index contributed by atoms with van der Waals surface area (Å²) in [5.41, 5.74) is 1.66. The van der Waals surface area contributed by atoms with Gasteiger partial charge in [-0.25, -0.2) is 9.37 Å². The Balaban J connectivity index is 1.44. The molecule has 1 heterocycles. The molecule has 4 unspecified atom stereocenters. The van der Waals surface area contributed by atoms with E-state index in [1.165, 1.54) is 37.8 Å². The lowest BCUT2D eigenvalue weighted by atomic mass is 9.84. The molecule has 2 bridgehead atoms. The second-order valence-electron chi connectivity index (χ2n) is 7.88. The van der Waals surface area contributed by atoms with E-state index in [0.717, 1.165) is 33.0 Å². The lowest BCUT2D eigenvalue weighted by molar-refractivity contribution is -0.121. The normalized spacial score (nSPS) is 25.4. The number of nitrogens with one attached hydrogen (secondary N) is 1. The Morgan fingerprint density at radius 3 is 2.73 bits per heavy atom. The summed E-state index contributed by atoms with van der Waals surface area (Å²) >= 11 is 1.55. The van der Waals surface area contributed by atoms with Gasteiger partial charge in [-0.05, 0) is 75.1 Å². The molecule has 2 fully saturated rings. The zero-order valence-corrected chi connectivity index (χ0v) is 16.1. The highest BCUT2D eigenvalue weighted by Gasteiger charge is 2.42. The molecule has 138 valence electrons. The Hall–Kier alpha value is -1.75. The molecule has 1 N–H and O–H groups in total. The summed E-state index contributed by atoms with van der Waals surface area (Å²) in [5, 5.41) is 4.16. The summed E-state index contributed by atoms with van der Waals surface area (Å²) in [7, 11) is 0. The number of hydrogen-bond donors (Lipinski definition) is 1. The molecule has 1 aromatic carbocycles. The Kier molecular flexibility index (Phi) is 4.82. The fourth-order valence-electron chi connectivity index (χ4n) is 4.89. The smallest absolute Gasteiger partial charge is 0.225 e. The first kappa shape index (κ1) is 17.7. The number of nitrogens with zero attached hydrogens (tertiary/aromatic N) is 1. The van der Waals surface area contributed by atoms with E-state index in [2.05, 4.69) is 17.2 Å². The molecule has 26 heavy (non-hydrogen) atoms. The first-order chi connectivity index (χ1) is 12.5. The molecule has 1 aromatic heterocycles. The number of aryl methyl sites for hydroxylation is 1. The molecule has 5 heteroatoms. The van der Waals surface area contributed by atoms with Gasteiger partial charge in [-0.2, -0.15) is 0 Å². The second-order valence-corrected chi connectivity index (χ2v) is 9.17. The Morgan fingerprint density at radius 1 is 1.31 bits per heavy atom. The molecule has 0 radical (unpaired) electrons. The van der Waals surface area contributed by atoms with Gasteiger partial charge < -0.3 is 5.32 Å². The zero-order chi connectivity index (χ0) is 18.3. The monoisotopic (exact) mass is 372 g/mol. The van der Waals surface area contributed by atoms with Crippen molar-refractivity contribution >= 4 is 17.2 Å². The van der Waals surface area contributed by atoms with Crippen LogP contribution in [0.4, 0.5) is 4.39 Å². The lowest BCUT2D eigenvalue weighted by Crippen LogP contribution is -2.40. The SMILES string of the molecule is Cc1nc(-c2ccc(F)cc2)c(CC(=O)NC(C)C2CC3CCC2C3)s1. The van der Waals surface area contributed by atoms with Crippen LogP contribution in [0, 0.1) is 30.5 Å². The number of benzene rings is 1. The van der Waals surface area contributed by atoms with E-state index in [1.54, 1.807) is 23.5 Å². The quantitative estimate of drug-likeness (QED) is 0.824. The van der Waals surface area contributed by atoms with Gasteiger partial charge >= 0.3 is 0 Å². The highest BCUT2D eigenvalue weighted by atomic mass is 32.1. The second kappa shape index (κ2) is 7.10. The number of rotatable bonds is 5. The first-order valence-electron chi connectivity index (χ1n) is 9.51. The van der Waals surface area contributed by atoms with Crippen LogP contribution in [-0.4, -0.2) is 16.9 Å². The number of fused-ring (bicyclic) bond motifs is 2. The predicted octanol–water partition coefficient (Wildman–Crippen LogP) is 4.74. The highest BCUT2D eigenvalue weighted by Crippen LogP contribution is 2.49. The van der Waals surface area contributed by atoms with Gasteiger partial charge in [0, 0.05) is 16.5 Å². The number of hydrogen-bond acceptors (Lipinski definition) is 3. The molecule has 2 aliphatic carbocycles. The van der Waals surface area contributed by atoms with Crippen molar-refractivity contribution in [2.24, 2.45) is 17.8 Å². The molecule has 0 saturated heterocycles. The summed E-state index contributed by atoms with van der Waals surface area (Å²) in [6, 6.07) is 6.56. The van der Waals surface area contributed by atoms with Crippen LogP contribution in [0.2, 0.25) is 0 Å². The lowest BCUT2D eigenvalue weighted by Gasteiger charge is -2.28. The minimum Gasteiger partial charge on any atom is -0.353 e. The van der Waals surface area contributed by atoms with E-state index >= 15 is 0 Å². The van der Waals surface area contributed by atoms with Gasteiger partial charge in [0.05, 0.1) is 17.1 Å². The molecule has 2 aromatic rings. The molecule has 0 spiro atoms. The van der Waals surface area contributed by atoms with Gasteiger partial charge in [0.2, 0.25) is 5.91 Å². The van der Waals surface area contributed by atoms with Crippen LogP contribution < -0.4 is 5.32 Å². The molecule has 2 saturated carbocycles. The van der Waals surface area contributed by atoms with Crippen molar-refractivity contribution in [2.75, 3.05) is 0 Å². The van der Waals surface area contributed by atoms with Gasteiger partial charge in [0.1, 0.15) is 5.82 Å². The third-order valence-electron chi connectivity index (χ3n) is 6.07. The van der Waals surface area contributed by atoms with E-state index in [1.807, 2.05) is 6.92 Å². The summed E-state index contributed by atoms with van der Waals surface area (Å²) in [6.45, 7) is 4.10. The molecule has 4 rings (SSSR count). The van der Waals surface area contributed by atoms with Gasteiger partial charge in [0.15, 0.2) is 0 Å². The molecule has 1 amide bonds. The average Bonchev–Trinajstić information content (AvgIpc) is 3.31. The van der Waals surface area contributed by atoms with Crippen LogP contribution in [0.25, 0.3) is 11.3 Å². The van der Waals surface area contributed by atoms with Crippen molar-refractivity contribution in [1.29, 1.82) is 0 Å². The summed E-state index contributed by atoms with van der Waals surface area (Å²) in [4.78, 5) is 18.2. The van der Waals surface area contributed by atoms with Crippen molar-refractivity contribution in [3.8, 4) is 11.3 Å². The van der Waals surface area contributed by atoms with Gasteiger partial charge in [-0.1, -0.05) is 6.42 Å². The summed E-state index contributed by atoms with van der Waals surface area (Å²) in [5.74, 6) is 2.12. The van der Waals surface area contributed by atoms with Gasteiger partial charge in [-0.15, -0.1) is 11.3 Å². The number of aromatic nitrogens is 1. The third kappa shape index (κ3) is 3.54. The van der Waals surface area contributed by atoms with Crippen molar-refractivity contribution in [3.05, 3.63) is 40.0 Å². The van der Waals surface area contributed by atoms with Crippen molar-refractivity contribution < 1.29 is 9.18 Å². The number of halogens is 1. The van der Waals surface area contributed by atoms with Crippen LogP contribution in [0.5, 0.6) is 0 Å². The van der Waals surface area contributed by atoms with Crippen molar-refractivity contribution in [2.45, 2.75) is 52.0 Å². The van der Waals surface area contributed by atoms with E-state index < -0.39 is 0 Å². The maximum Gasteiger partial charge on any atom is 0.225 e. The molecule has 3 nitrogen and oxygen atoms in total. The number of thiazole rings is 1. The molecule has 0 aliphatic heterocycles. The van der Waals surface area contributed by atoms with Gasteiger partial charge in [-0.3, -0.25) is 4.79 Å². The zero-order valence-electron chi connectivity index (χ0n) is 15.3. The van der Waals surface area contributed by atoms with Gasteiger partial charge in [0.25, 0.3) is 0 Å². The summed E-state index contributed by atoms with van der Waals surface area (Å²) in [6.07, 6.45) is 5.67. The van der Waals surface area contributed by atoms with Crippen LogP contribution >= 0.6 is 11.3 Å². The maximum atomic E-state index is 13.2. The van der Waals surface area contributed by atoms with E-state index in [4.69, 9.17) is 0 Å². The average molecular weight is 373 g/mol. The van der Waals surface area contributed by atoms with Crippen molar-refractivity contribution in [3.63, 3.8) is 0 Å². The van der Waals surface area contributed by atoms with Crippen LogP contribution in [0.15, 0.2) is 24.3 Å². The minimum absolute atomic E-state index is 0.0623. The minimum atomic E-state index is -0.264. The fraction of sp³-hybridized carbons (Fsp3) is 0.524. The van der Waals surface area contributed by atoms with E-state index in [9.17, 15) is 9.18 Å². The van der Waals surface area contributed by atoms with E-state index in [0.29, 0.717) is 12.3 Å². The Labute approximate surface area is 158 Å². The third-order valence-corrected chi connectivity index (χ3v) is 7.04. The molecule has 2 aliphatic rings. The first-order valence-corrected chi connectivity index (χ1v) is 10.3. The highest BCUT2D eigenvalue weighted by molar-refractivity contribution is 7.12. The number of amides is 1. The standard InChI is InChI=1S/C21H25FN2OS/c1-12(18-10-14-3-4-16(18)9-14)23-20(25)11-19-21(24-13(2)26-19)15-5-7-17(22)8-6-15/h5-8,12,14,16,18H,3-4,9-11H2,1-2H3,(H,23,25).